The molecule has 0 saturated heterocycles. The van der Waals surface area contributed by atoms with Crippen molar-refractivity contribution in [1.82, 2.24) is 0 Å². The molecule has 3 rings (SSSR count). The molecule has 1 aliphatic heterocycles. The Morgan fingerprint density at radius 1 is 1.30 bits per heavy atom. The number of hydrogen-bond donors (Lipinski definition) is 3. The number of fused-ring (bicyclic) bond motifs is 1. The molecule has 0 unspecified atom stereocenters. The molecule has 0 radical (unpaired) electrons. The van der Waals surface area contributed by atoms with E-state index < -0.39 is 18.0 Å². The highest BCUT2D eigenvalue weighted by Crippen LogP contribution is 2.44. The number of allylic oxidation sites excluding steroid dienone is 2. The van der Waals surface area contributed by atoms with E-state index in [0.29, 0.717) is 23.6 Å². The number of thioether (sulfide) groups is 1. The summed E-state index contributed by atoms with van der Waals surface area (Å²) in [5.74, 6) is -1.13. The number of carbonyl (C=O) groups is 2. The molecule has 8 heteroatoms. The van der Waals surface area contributed by atoms with Gasteiger partial charge >= 0.3 is 11.9 Å². The standard InChI is InChI=1S/C19H22N2O5S/c1-19(2)7-13(16-14(8-19)21-15(9-27-16)18(24)25)20-12-5-4-10(26-3)6-11(12)17(22)23/h4-6,15,20H,7-9H2,1-3H3,(H,22,23)(H,24,25)/t15-/m0/s1. The van der Waals surface area contributed by atoms with Gasteiger partial charge in [0.1, 0.15) is 5.75 Å². The van der Waals surface area contributed by atoms with Crippen molar-refractivity contribution in [3.8, 4) is 5.75 Å². The zero-order chi connectivity index (χ0) is 19.8. The topological polar surface area (TPSA) is 108 Å². The summed E-state index contributed by atoms with van der Waals surface area (Å²) in [6.45, 7) is 4.18. The minimum absolute atomic E-state index is 0.110. The Morgan fingerprint density at radius 3 is 2.67 bits per heavy atom. The molecule has 3 N–H and O–H groups in total. The van der Waals surface area contributed by atoms with E-state index in [2.05, 4.69) is 24.2 Å². The first-order chi connectivity index (χ1) is 12.7. The van der Waals surface area contributed by atoms with Gasteiger partial charge in [-0.3, -0.25) is 4.99 Å². The summed E-state index contributed by atoms with van der Waals surface area (Å²) >= 11 is 1.47. The van der Waals surface area contributed by atoms with Gasteiger partial charge < -0.3 is 20.3 Å². The van der Waals surface area contributed by atoms with Crippen molar-refractivity contribution < 1.29 is 24.5 Å². The summed E-state index contributed by atoms with van der Waals surface area (Å²) in [7, 11) is 1.49. The third-order valence-corrected chi connectivity index (χ3v) is 5.82. The number of hydrogen-bond acceptors (Lipinski definition) is 6. The zero-order valence-electron chi connectivity index (χ0n) is 15.4. The lowest BCUT2D eigenvalue weighted by molar-refractivity contribution is -0.137. The number of carboxylic acids is 2. The van der Waals surface area contributed by atoms with Crippen LogP contribution < -0.4 is 10.1 Å². The first kappa shape index (κ1) is 19.3. The van der Waals surface area contributed by atoms with Crippen LogP contribution in [0.15, 0.2) is 33.8 Å². The summed E-state index contributed by atoms with van der Waals surface area (Å²) in [5.41, 5.74) is 2.15. The summed E-state index contributed by atoms with van der Waals surface area (Å²) in [4.78, 5) is 28.3. The monoisotopic (exact) mass is 390 g/mol. The average Bonchev–Trinajstić information content (AvgIpc) is 2.60. The number of carboxylic acid groups (broad SMARTS) is 2. The molecule has 7 nitrogen and oxygen atoms in total. The van der Waals surface area contributed by atoms with Gasteiger partial charge in [-0.05, 0) is 36.5 Å². The van der Waals surface area contributed by atoms with Crippen LogP contribution in [-0.4, -0.2) is 46.8 Å². The van der Waals surface area contributed by atoms with E-state index in [0.717, 1.165) is 22.7 Å². The third-order valence-electron chi connectivity index (χ3n) is 4.56. The maximum atomic E-state index is 11.7. The second kappa shape index (κ2) is 7.26. The molecule has 1 aromatic rings. The molecule has 0 saturated carbocycles. The van der Waals surface area contributed by atoms with Crippen LogP contribution in [0.25, 0.3) is 0 Å². The van der Waals surface area contributed by atoms with E-state index in [1.165, 1.54) is 24.9 Å². The Bertz CT molecular complexity index is 860. The van der Waals surface area contributed by atoms with E-state index in [4.69, 9.17) is 4.74 Å². The van der Waals surface area contributed by atoms with E-state index in [9.17, 15) is 19.8 Å². The van der Waals surface area contributed by atoms with E-state index in [1.54, 1.807) is 12.1 Å². The van der Waals surface area contributed by atoms with Crippen molar-refractivity contribution in [3.63, 3.8) is 0 Å². The fourth-order valence-electron chi connectivity index (χ4n) is 3.32. The number of methoxy groups -OCH3 is 1. The predicted molar refractivity (Wildman–Crippen MR) is 105 cm³/mol. The van der Waals surface area contributed by atoms with Crippen LogP contribution in [0.5, 0.6) is 5.75 Å². The van der Waals surface area contributed by atoms with E-state index >= 15 is 0 Å². The lowest BCUT2D eigenvalue weighted by Gasteiger charge is -2.36. The average molecular weight is 390 g/mol. The first-order valence-corrected chi connectivity index (χ1v) is 9.53. The molecule has 0 spiro atoms. The van der Waals surface area contributed by atoms with E-state index in [1.807, 2.05) is 0 Å². The van der Waals surface area contributed by atoms with Crippen LogP contribution in [0.1, 0.15) is 37.0 Å². The number of aliphatic imine (C=N–C) groups is 1. The molecule has 1 aromatic carbocycles. The van der Waals surface area contributed by atoms with Crippen LogP contribution >= 0.6 is 11.8 Å². The minimum Gasteiger partial charge on any atom is -0.497 e. The number of benzene rings is 1. The highest BCUT2D eigenvalue weighted by molar-refractivity contribution is 8.04. The Morgan fingerprint density at radius 2 is 2.04 bits per heavy atom. The number of rotatable bonds is 5. The molecule has 1 aliphatic carbocycles. The second-order valence-corrected chi connectivity index (χ2v) is 8.44. The van der Waals surface area contributed by atoms with Crippen molar-refractivity contribution >= 4 is 35.1 Å². The molecular weight excluding hydrogens is 368 g/mol. The first-order valence-electron chi connectivity index (χ1n) is 8.54. The minimum atomic E-state index is -1.05. The fraction of sp³-hybridized carbons (Fsp3) is 0.421. The zero-order valence-corrected chi connectivity index (χ0v) is 16.2. The fourth-order valence-corrected chi connectivity index (χ4v) is 4.45. The van der Waals surface area contributed by atoms with Crippen LogP contribution in [0, 0.1) is 5.41 Å². The van der Waals surface area contributed by atoms with Gasteiger partial charge in [0.15, 0.2) is 6.04 Å². The van der Waals surface area contributed by atoms with Crippen LogP contribution in [0.4, 0.5) is 5.69 Å². The Balaban J connectivity index is 2.02. The SMILES string of the molecule is COc1ccc(NC2=C3SC[C@@H](C(=O)O)N=C3CC(C)(C)C2)c(C(=O)O)c1. The summed E-state index contributed by atoms with van der Waals surface area (Å²) in [5, 5.41) is 22.1. The van der Waals surface area contributed by atoms with Crippen molar-refractivity contribution in [3.05, 3.63) is 34.4 Å². The maximum Gasteiger partial charge on any atom is 0.337 e. The van der Waals surface area contributed by atoms with Crippen molar-refractivity contribution in [2.45, 2.75) is 32.7 Å². The van der Waals surface area contributed by atoms with Crippen LogP contribution in [-0.2, 0) is 4.79 Å². The van der Waals surface area contributed by atoms with Crippen molar-refractivity contribution in [2.75, 3.05) is 18.2 Å². The summed E-state index contributed by atoms with van der Waals surface area (Å²) in [6, 6.07) is 4.13. The highest BCUT2D eigenvalue weighted by Gasteiger charge is 2.36. The Hall–Kier alpha value is -2.48. The molecule has 144 valence electrons. The molecule has 1 heterocycles. The molecule has 27 heavy (non-hydrogen) atoms. The lowest BCUT2D eigenvalue weighted by Crippen LogP contribution is -2.34. The largest absolute Gasteiger partial charge is 0.497 e. The highest BCUT2D eigenvalue weighted by atomic mass is 32.2. The Labute approximate surface area is 161 Å². The third kappa shape index (κ3) is 4.10. The van der Waals surface area contributed by atoms with Gasteiger partial charge in [-0.2, -0.15) is 0 Å². The number of ether oxygens (including phenoxy) is 1. The van der Waals surface area contributed by atoms with Gasteiger partial charge in [0.25, 0.3) is 0 Å². The molecule has 2 aliphatic rings. The van der Waals surface area contributed by atoms with Gasteiger partial charge in [0.2, 0.25) is 0 Å². The predicted octanol–water partition coefficient (Wildman–Crippen LogP) is 3.48. The van der Waals surface area contributed by atoms with Crippen LogP contribution in [0.3, 0.4) is 0 Å². The Kier molecular flexibility index (Phi) is 5.19. The second-order valence-electron chi connectivity index (χ2n) is 7.41. The van der Waals surface area contributed by atoms with Gasteiger partial charge in [-0.25, -0.2) is 9.59 Å². The van der Waals surface area contributed by atoms with Crippen molar-refractivity contribution in [1.29, 1.82) is 0 Å². The molecule has 0 aromatic heterocycles. The smallest absolute Gasteiger partial charge is 0.337 e. The number of anilines is 1. The molecule has 0 amide bonds. The molecule has 0 fully saturated rings. The number of nitrogens with zero attached hydrogens (tertiary/aromatic N) is 1. The van der Waals surface area contributed by atoms with Gasteiger partial charge in [-0.1, -0.05) is 13.8 Å². The number of aromatic carboxylic acids is 1. The summed E-state index contributed by atoms with van der Waals surface area (Å²) in [6.07, 6.45) is 1.41. The van der Waals surface area contributed by atoms with Crippen molar-refractivity contribution in [2.24, 2.45) is 10.4 Å². The van der Waals surface area contributed by atoms with E-state index in [-0.39, 0.29) is 11.0 Å². The quantitative estimate of drug-likeness (QED) is 0.706. The maximum absolute atomic E-state index is 11.7. The molecule has 0 bridgehead atoms. The number of nitrogens with one attached hydrogen (secondary N) is 1. The van der Waals surface area contributed by atoms with Gasteiger partial charge in [0, 0.05) is 16.4 Å². The normalized spacial score (nSPS) is 21.1. The lowest BCUT2D eigenvalue weighted by atomic mass is 9.78. The molecular formula is C19H22N2O5S. The summed E-state index contributed by atoms with van der Waals surface area (Å²) < 4.78 is 5.12. The van der Waals surface area contributed by atoms with Crippen LogP contribution in [0.2, 0.25) is 0 Å². The van der Waals surface area contributed by atoms with Gasteiger partial charge in [-0.15, -0.1) is 11.8 Å². The van der Waals surface area contributed by atoms with Gasteiger partial charge in [0.05, 0.1) is 24.1 Å². The molecule has 1 atom stereocenters. The number of aliphatic carboxylic acids is 1.